The summed E-state index contributed by atoms with van der Waals surface area (Å²) in [5, 5.41) is 11.8. The van der Waals surface area contributed by atoms with E-state index >= 15 is 0 Å². The highest BCUT2D eigenvalue weighted by atomic mass is 16.5. The van der Waals surface area contributed by atoms with E-state index in [0.717, 1.165) is 7.11 Å². The highest BCUT2D eigenvalue weighted by Gasteiger charge is 2.16. The van der Waals surface area contributed by atoms with Crippen LogP contribution in [0.1, 0.15) is 10.4 Å². The summed E-state index contributed by atoms with van der Waals surface area (Å²) in [5.41, 5.74) is 0.396. The van der Waals surface area contributed by atoms with E-state index in [2.05, 4.69) is 16.6 Å². The average Bonchev–Trinajstić information content (AvgIpc) is 2.49. The number of methoxy groups -OCH3 is 1. The van der Waals surface area contributed by atoms with Gasteiger partial charge in [0.1, 0.15) is 12.4 Å². The van der Waals surface area contributed by atoms with E-state index in [1.165, 1.54) is 0 Å². The van der Waals surface area contributed by atoms with Crippen LogP contribution in [0.4, 0.5) is 0 Å². The number of hydrogen-bond donors (Lipinski definition) is 2. The van der Waals surface area contributed by atoms with E-state index in [0.29, 0.717) is 17.9 Å². The number of hydrogen-bond acceptors (Lipinski definition) is 5. The number of carbonyl (C=O) groups excluding carboxylic acids is 2. The van der Waals surface area contributed by atoms with Crippen molar-refractivity contribution in [3.63, 3.8) is 0 Å². The Balaban J connectivity index is 2.51. The molecule has 1 atom stereocenters. The second-order valence-corrected chi connectivity index (χ2v) is 3.87. The number of ether oxygens (including phenoxy) is 2. The fraction of sp³-hybridized carbons (Fsp3) is 0.286. The number of nitrogens with one attached hydrogen (secondary N) is 1. The van der Waals surface area contributed by atoms with Gasteiger partial charge in [-0.1, -0.05) is 12.7 Å². The third-order valence-corrected chi connectivity index (χ3v) is 2.41. The molecule has 0 saturated heterocycles. The first-order valence-corrected chi connectivity index (χ1v) is 5.96. The Kier molecular flexibility index (Phi) is 6.25. The van der Waals surface area contributed by atoms with Crippen molar-refractivity contribution in [3.8, 4) is 5.75 Å². The lowest BCUT2D eigenvalue weighted by molar-refractivity contribution is -0.149. The lowest BCUT2D eigenvalue weighted by Gasteiger charge is -2.10. The van der Waals surface area contributed by atoms with E-state index in [-0.39, 0.29) is 6.54 Å². The third kappa shape index (κ3) is 4.74. The van der Waals surface area contributed by atoms with Gasteiger partial charge in [-0.05, 0) is 24.3 Å². The minimum atomic E-state index is -1.38. The molecular formula is C14H17NO5. The maximum atomic E-state index is 11.8. The predicted octanol–water partition coefficient (Wildman–Crippen LogP) is 0.515. The normalized spacial score (nSPS) is 11.3. The number of esters is 1. The van der Waals surface area contributed by atoms with Crippen molar-refractivity contribution in [2.24, 2.45) is 0 Å². The summed E-state index contributed by atoms with van der Waals surface area (Å²) in [7, 11) is 1.16. The molecular weight excluding hydrogens is 262 g/mol. The number of rotatable bonds is 7. The van der Waals surface area contributed by atoms with Gasteiger partial charge in [0.05, 0.1) is 13.7 Å². The Labute approximate surface area is 117 Å². The zero-order chi connectivity index (χ0) is 15.0. The van der Waals surface area contributed by atoms with Crippen LogP contribution in [-0.2, 0) is 9.53 Å². The molecule has 0 heterocycles. The maximum absolute atomic E-state index is 11.8. The van der Waals surface area contributed by atoms with Crippen LogP contribution in [0.25, 0.3) is 0 Å². The Morgan fingerprint density at radius 1 is 1.40 bits per heavy atom. The first-order valence-electron chi connectivity index (χ1n) is 5.96. The van der Waals surface area contributed by atoms with Gasteiger partial charge in [0, 0.05) is 5.56 Å². The third-order valence-electron chi connectivity index (χ3n) is 2.41. The van der Waals surface area contributed by atoms with Crippen molar-refractivity contribution in [3.05, 3.63) is 42.5 Å². The Hall–Kier alpha value is -2.34. The summed E-state index contributed by atoms with van der Waals surface area (Å²) in [6.07, 6.45) is 0.244. The molecule has 0 aliphatic rings. The molecule has 0 aliphatic carbocycles. The minimum absolute atomic E-state index is 0.208. The molecule has 1 unspecified atom stereocenters. The SMILES string of the molecule is C=CCOc1ccc(C(=O)NCC(O)C(=O)OC)cc1. The molecule has 0 fully saturated rings. The van der Waals surface area contributed by atoms with E-state index in [9.17, 15) is 14.7 Å². The van der Waals surface area contributed by atoms with Gasteiger partial charge >= 0.3 is 5.97 Å². The van der Waals surface area contributed by atoms with Crippen molar-refractivity contribution < 1.29 is 24.2 Å². The molecule has 1 aromatic carbocycles. The van der Waals surface area contributed by atoms with Gasteiger partial charge in [-0.3, -0.25) is 4.79 Å². The summed E-state index contributed by atoms with van der Waals surface area (Å²) in [5.74, 6) is -0.572. The molecule has 0 radical (unpaired) electrons. The Bertz CT molecular complexity index is 469. The lowest BCUT2D eigenvalue weighted by Crippen LogP contribution is -2.37. The highest BCUT2D eigenvalue weighted by molar-refractivity contribution is 5.94. The van der Waals surface area contributed by atoms with Crippen LogP contribution in [-0.4, -0.2) is 43.3 Å². The molecule has 0 aliphatic heterocycles. The molecule has 108 valence electrons. The summed E-state index contributed by atoms with van der Waals surface area (Å²) < 4.78 is 9.62. The van der Waals surface area contributed by atoms with Crippen molar-refractivity contribution in [1.82, 2.24) is 5.32 Å². The molecule has 6 heteroatoms. The van der Waals surface area contributed by atoms with Gasteiger partial charge in [0.25, 0.3) is 5.91 Å². The standard InChI is InChI=1S/C14H17NO5/c1-3-8-20-11-6-4-10(5-7-11)13(17)15-9-12(16)14(18)19-2/h3-7,12,16H,1,8-9H2,2H3,(H,15,17). The van der Waals surface area contributed by atoms with Crippen molar-refractivity contribution in [2.45, 2.75) is 6.10 Å². The molecule has 20 heavy (non-hydrogen) atoms. The van der Waals surface area contributed by atoms with Crippen molar-refractivity contribution in [1.29, 1.82) is 0 Å². The topological polar surface area (TPSA) is 84.9 Å². The number of aliphatic hydroxyl groups is 1. The fourth-order valence-electron chi connectivity index (χ4n) is 1.37. The largest absolute Gasteiger partial charge is 0.490 e. The molecule has 6 nitrogen and oxygen atoms in total. The lowest BCUT2D eigenvalue weighted by atomic mass is 10.2. The molecule has 1 rings (SSSR count). The zero-order valence-electron chi connectivity index (χ0n) is 11.2. The smallest absolute Gasteiger partial charge is 0.336 e. The van der Waals surface area contributed by atoms with Gasteiger partial charge in [0.2, 0.25) is 0 Å². The summed E-state index contributed by atoms with van der Waals surface area (Å²) in [4.78, 5) is 22.7. The van der Waals surface area contributed by atoms with E-state index in [4.69, 9.17) is 4.74 Å². The van der Waals surface area contributed by atoms with Crippen LogP contribution >= 0.6 is 0 Å². The summed E-state index contributed by atoms with van der Waals surface area (Å²) in [6.45, 7) is 3.71. The van der Waals surface area contributed by atoms with Gasteiger partial charge in [0.15, 0.2) is 6.10 Å². The molecule has 2 N–H and O–H groups in total. The second-order valence-electron chi connectivity index (χ2n) is 3.87. The monoisotopic (exact) mass is 279 g/mol. The van der Waals surface area contributed by atoms with E-state index < -0.39 is 18.0 Å². The zero-order valence-corrected chi connectivity index (χ0v) is 11.2. The molecule has 0 spiro atoms. The van der Waals surface area contributed by atoms with Crippen LogP contribution in [0.2, 0.25) is 0 Å². The Morgan fingerprint density at radius 3 is 2.60 bits per heavy atom. The van der Waals surface area contributed by atoms with Crippen molar-refractivity contribution >= 4 is 11.9 Å². The summed E-state index contributed by atoms with van der Waals surface area (Å²) >= 11 is 0. The predicted molar refractivity (Wildman–Crippen MR) is 72.5 cm³/mol. The number of benzene rings is 1. The maximum Gasteiger partial charge on any atom is 0.336 e. The average molecular weight is 279 g/mol. The summed E-state index contributed by atoms with van der Waals surface area (Å²) in [6, 6.07) is 6.46. The van der Waals surface area contributed by atoms with Crippen LogP contribution < -0.4 is 10.1 Å². The quantitative estimate of drug-likeness (QED) is 0.561. The highest BCUT2D eigenvalue weighted by Crippen LogP contribution is 2.12. The second kappa shape index (κ2) is 7.96. The molecule has 0 saturated carbocycles. The van der Waals surface area contributed by atoms with Crippen LogP contribution in [0.3, 0.4) is 0 Å². The number of amides is 1. The van der Waals surface area contributed by atoms with E-state index in [1.54, 1.807) is 30.3 Å². The molecule has 0 aromatic heterocycles. The van der Waals surface area contributed by atoms with Gasteiger partial charge in [-0.2, -0.15) is 0 Å². The van der Waals surface area contributed by atoms with Gasteiger partial charge < -0.3 is 19.9 Å². The first-order chi connectivity index (χ1) is 9.58. The van der Waals surface area contributed by atoms with Gasteiger partial charge in [-0.25, -0.2) is 4.79 Å². The number of carbonyl (C=O) groups is 2. The fourth-order valence-corrected chi connectivity index (χ4v) is 1.37. The van der Waals surface area contributed by atoms with Crippen molar-refractivity contribution in [2.75, 3.05) is 20.3 Å². The molecule has 1 aromatic rings. The molecule has 1 amide bonds. The van der Waals surface area contributed by atoms with Crippen LogP contribution in [0.15, 0.2) is 36.9 Å². The number of aliphatic hydroxyl groups excluding tert-OH is 1. The van der Waals surface area contributed by atoms with Crippen LogP contribution in [0, 0.1) is 0 Å². The van der Waals surface area contributed by atoms with E-state index in [1.807, 2.05) is 0 Å². The minimum Gasteiger partial charge on any atom is -0.490 e. The van der Waals surface area contributed by atoms with Crippen LogP contribution in [0.5, 0.6) is 5.75 Å². The Morgan fingerprint density at radius 2 is 2.05 bits per heavy atom. The molecule has 0 bridgehead atoms. The first kappa shape index (κ1) is 15.7. The van der Waals surface area contributed by atoms with Gasteiger partial charge in [-0.15, -0.1) is 0 Å².